The molecule has 0 saturated heterocycles. The van der Waals surface area contributed by atoms with E-state index >= 15 is 0 Å². The first-order valence-electron chi connectivity index (χ1n) is 4.50. The number of aromatic nitrogens is 2. The van der Waals surface area contributed by atoms with Crippen molar-refractivity contribution >= 4 is 34.2 Å². The molecule has 0 aliphatic carbocycles. The lowest BCUT2D eigenvalue weighted by atomic mass is 10.2. The van der Waals surface area contributed by atoms with Crippen LogP contribution in [0, 0.1) is 3.57 Å². The molecule has 1 unspecified atom stereocenters. The molecule has 0 saturated carbocycles. The summed E-state index contributed by atoms with van der Waals surface area (Å²) < 4.78 is 2.13. The first kappa shape index (κ1) is 12.0. The molecule has 5 heteroatoms. The molecule has 0 amide bonds. The van der Waals surface area contributed by atoms with Crippen molar-refractivity contribution in [2.45, 2.75) is 32.7 Å². The summed E-state index contributed by atoms with van der Waals surface area (Å²) in [5.74, 6) is 0. The second-order valence-corrected chi connectivity index (χ2v) is 4.64. The van der Waals surface area contributed by atoms with Crippen LogP contribution in [0.4, 0.5) is 0 Å². The van der Waals surface area contributed by atoms with Gasteiger partial charge in [-0.2, -0.15) is 0 Å². The SMILES string of the molecule is CCCC(C)n1cnc(Cl)c(I)c1=O. The molecule has 1 atom stereocenters. The van der Waals surface area contributed by atoms with Crippen LogP contribution in [0.1, 0.15) is 32.7 Å². The number of nitrogens with zero attached hydrogens (tertiary/aromatic N) is 2. The fraction of sp³-hybridized carbons (Fsp3) is 0.556. The molecule has 0 radical (unpaired) electrons. The van der Waals surface area contributed by atoms with Crippen molar-refractivity contribution in [3.8, 4) is 0 Å². The Morgan fingerprint density at radius 2 is 2.36 bits per heavy atom. The van der Waals surface area contributed by atoms with E-state index in [-0.39, 0.29) is 16.8 Å². The van der Waals surface area contributed by atoms with Gasteiger partial charge in [-0.3, -0.25) is 9.36 Å². The van der Waals surface area contributed by atoms with Crippen LogP contribution >= 0.6 is 34.2 Å². The zero-order valence-electron chi connectivity index (χ0n) is 8.13. The average molecular weight is 327 g/mol. The number of hydrogen-bond donors (Lipinski definition) is 0. The standard InChI is InChI=1S/C9H12ClIN2O/c1-3-4-6(2)13-5-12-8(10)7(11)9(13)14/h5-6H,3-4H2,1-2H3. The Morgan fingerprint density at radius 3 is 2.93 bits per heavy atom. The summed E-state index contributed by atoms with van der Waals surface area (Å²) in [6.07, 6.45) is 3.54. The quantitative estimate of drug-likeness (QED) is 0.632. The molecule has 14 heavy (non-hydrogen) atoms. The van der Waals surface area contributed by atoms with Crippen molar-refractivity contribution < 1.29 is 0 Å². The van der Waals surface area contributed by atoms with Gasteiger partial charge in [0.05, 0.1) is 6.33 Å². The van der Waals surface area contributed by atoms with Gasteiger partial charge in [0.2, 0.25) is 0 Å². The smallest absolute Gasteiger partial charge is 0.268 e. The van der Waals surface area contributed by atoms with E-state index in [0.717, 1.165) is 12.8 Å². The first-order valence-corrected chi connectivity index (χ1v) is 5.95. The molecular weight excluding hydrogens is 314 g/mol. The minimum Gasteiger partial charge on any atom is -0.295 e. The molecule has 0 spiro atoms. The largest absolute Gasteiger partial charge is 0.295 e. The van der Waals surface area contributed by atoms with E-state index in [1.807, 2.05) is 29.5 Å². The van der Waals surface area contributed by atoms with Gasteiger partial charge in [0.1, 0.15) is 8.72 Å². The van der Waals surface area contributed by atoms with Gasteiger partial charge in [0.15, 0.2) is 0 Å². The maximum atomic E-state index is 11.7. The highest BCUT2D eigenvalue weighted by molar-refractivity contribution is 14.1. The third-order valence-electron chi connectivity index (χ3n) is 2.08. The summed E-state index contributed by atoms with van der Waals surface area (Å²) in [4.78, 5) is 15.7. The van der Waals surface area contributed by atoms with Crippen molar-refractivity contribution in [2.75, 3.05) is 0 Å². The van der Waals surface area contributed by atoms with Gasteiger partial charge in [-0.05, 0) is 35.9 Å². The molecule has 1 rings (SSSR count). The van der Waals surface area contributed by atoms with E-state index < -0.39 is 0 Å². The van der Waals surface area contributed by atoms with Crippen LogP contribution in [0.25, 0.3) is 0 Å². The summed E-state index contributed by atoms with van der Waals surface area (Å²) in [5.41, 5.74) is -0.0495. The van der Waals surface area contributed by atoms with Crippen LogP contribution in [0.3, 0.4) is 0 Å². The Kier molecular flexibility index (Phi) is 4.37. The molecular formula is C9H12ClIN2O. The van der Waals surface area contributed by atoms with E-state index in [9.17, 15) is 4.79 Å². The Bertz CT molecular complexity index is 378. The van der Waals surface area contributed by atoms with Crippen LogP contribution in [-0.4, -0.2) is 9.55 Å². The monoisotopic (exact) mass is 326 g/mol. The van der Waals surface area contributed by atoms with Crippen molar-refractivity contribution in [1.29, 1.82) is 0 Å². The molecule has 1 heterocycles. The minimum atomic E-state index is -0.0495. The molecule has 1 aromatic rings. The van der Waals surface area contributed by atoms with E-state index in [1.54, 1.807) is 4.57 Å². The second kappa shape index (κ2) is 5.11. The summed E-state index contributed by atoms with van der Waals surface area (Å²) >= 11 is 7.66. The Labute approximate surface area is 102 Å². The van der Waals surface area contributed by atoms with E-state index in [0.29, 0.717) is 3.57 Å². The summed E-state index contributed by atoms with van der Waals surface area (Å²) in [7, 11) is 0. The highest BCUT2D eigenvalue weighted by atomic mass is 127. The third kappa shape index (κ3) is 2.48. The highest BCUT2D eigenvalue weighted by Gasteiger charge is 2.10. The maximum Gasteiger partial charge on any atom is 0.268 e. The van der Waals surface area contributed by atoms with Gasteiger partial charge in [-0.25, -0.2) is 4.98 Å². The fourth-order valence-corrected chi connectivity index (χ4v) is 1.84. The minimum absolute atomic E-state index is 0.0495. The zero-order chi connectivity index (χ0) is 10.7. The van der Waals surface area contributed by atoms with Gasteiger partial charge in [-0.15, -0.1) is 0 Å². The lowest BCUT2D eigenvalue weighted by Gasteiger charge is -2.13. The van der Waals surface area contributed by atoms with Crippen LogP contribution in [0.2, 0.25) is 5.15 Å². The molecule has 0 aliphatic rings. The van der Waals surface area contributed by atoms with Crippen LogP contribution in [-0.2, 0) is 0 Å². The summed E-state index contributed by atoms with van der Waals surface area (Å²) in [6, 6.07) is 0.186. The first-order chi connectivity index (χ1) is 6.57. The molecule has 0 bridgehead atoms. The molecule has 0 fully saturated rings. The van der Waals surface area contributed by atoms with Crippen molar-refractivity contribution in [3.63, 3.8) is 0 Å². The van der Waals surface area contributed by atoms with Crippen molar-refractivity contribution in [2.24, 2.45) is 0 Å². The fourth-order valence-electron chi connectivity index (χ4n) is 1.29. The number of halogens is 2. The Balaban J connectivity index is 3.11. The van der Waals surface area contributed by atoms with Gasteiger partial charge in [0.25, 0.3) is 5.56 Å². The Morgan fingerprint density at radius 1 is 1.71 bits per heavy atom. The second-order valence-electron chi connectivity index (χ2n) is 3.20. The van der Waals surface area contributed by atoms with Crippen LogP contribution < -0.4 is 5.56 Å². The van der Waals surface area contributed by atoms with Crippen LogP contribution in [0.5, 0.6) is 0 Å². The molecule has 0 N–H and O–H groups in total. The molecule has 3 nitrogen and oxygen atoms in total. The van der Waals surface area contributed by atoms with Gasteiger partial charge >= 0.3 is 0 Å². The summed E-state index contributed by atoms with van der Waals surface area (Å²) in [5, 5.41) is 0.288. The third-order valence-corrected chi connectivity index (χ3v) is 3.66. The lowest BCUT2D eigenvalue weighted by Crippen LogP contribution is -2.25. The molecule has 0 aliphatic heterocycles. The van der Waals surface area contributed by atoms with Crippen molar-refractivity contribution in [1.82, 2.24) is 9.55 Å². The maximum absolute atomic E-state index is 11.7. The van der Waals surface area contributed by atoms with E-state index in [4.69, 9.17) is 11.6 Å². The normalized spacial score (nSPS) is 12.9. The lowest BCUT2D eigenvalue weighted by molar-refractivity contribution is 0.478. The van der Waals surface area contributed by atoms with Crippen LogP contribution in [0.15, 0.2) is 11.1 Å². The highest BCUT2D eigenvalue weighted by Crippen LogP contribution is 2.14. The molecule has 78 valence electrons. The zero-order valence-corrected chi connectivity index (χ0v) is 11.0. The molecule has 1 aromatic heterocycles. The number of rotatable bonds is 3. The average Bonchev–Trinajstić information content (AvgIpc) is 2.15. The van der Waals surface area contributed by atoms with E-state index in [1.165, 1.54) is 6.33 Å². The van der Waals surface area contributed by atoms with Gasteiger partial charge in [0, 0.05) is 6.04 Å². The summed E-state index contributed by atoms with van der Waals surface area (Å²) in [6.45, 7) is 4.10. The number of hydrogen-bond acceptors (Lipinski definition) is 2. The Hall–Kier alpha value is -0.100. The van der Waals surface area contributed by atoms with Gasteiger partial charge in [-0.1, -0.05) is 24.9 Å². The topological polar surface area (TPSA) is 34.9 Å². The predicted molar refractivity (Wildman–Crippen MR) is 65.8 cm³/mol. The molecule has 0 aromatic carbocycles. The predicted octanol–water partition coefficient (Wildman–Crippen LogP) is 2.86. The van der Waals surface area contributed by atoms with E-state index in [2.05, 4.69) is 11.9 Å². The van der Waals surface area contributed by atoms with Gasteiger partial charge < -0.3 is 0 Å². The van der Waals surface area contributed by atoms with Crippen molar-refractivity contribution in [3.05, 3.63) is 25.4 Å².